The van der Waals surface area contributed by atoms with Gasteiger partial charge in [-0.15, -0.1) is 22.9 Å². The van der Waals surface area contributed by atoms with Gasteiger partial charge in [0.25, 0.3) is 0 Å². The molecule has 0 saturated carbocycles. The number of benzene rings is 2. The molecule has 0 amide bonds. The lowest BCUT2D eigenvalue weighted by molar-refractivity contribution is 0.325. The fourth-order valence-corrected chi connectivity index (χ4v) is 3.10. The van der Waals surface area contributed by atoms with Gasteiger partial charge >= 0.3 is 0 Å². The summed E-state index contributed by atoms with van der Waals surface area (Å²) in [5.74, 6) is 1.40. The number of aromatic nitrogens is 1. The van der Waals surface area contributed by atoms with Gasteiger partial charge in [-0.3, -0.25) is 0 Å². The van der Waals surface area contributed by atoms with Gasteiger partial charge in [0.15, 0.2) is 0 Å². The van der Waals surface area contributed by atoms with Gasteiger partial charge < -0.3 is 4.74 Å². The quantitative estimate of drug-likeness (QED) is 0.640. The Labute approximate surface area is 127 Å². The van der Waals surface area contributed by atoms with E-state index in [9.17, 15) is 0 Å². The van der Waals surface area contributed by atoms with Crippen LogP contribution in [0.1, 0.15) is 10.7 Å². The SMILES string of the molecule is ClCc1csc(CCOc2cccc3ccccc23)n1. The van der Waals surface area contributed by atoms with E-state index in [4.69, 9.17) is 16.3 Å². The first kappa shape index (κ1) is 13.4. The molecule has 0 aliphatic heterocycles. The molecule has 0 spiro atoms. The second kappa shape index (κ2) is 6.25. The van der Waals surface area contributed by atoms with Crippen molar-refractivity contribution in [1.29, 1.82) is 0 Å². The van der Waals surface area contributed by atoms with Crippen LogP contribution in [0.3, 0.4) is 0 Å². The Bertz CT molecular complexity index is 705. The topological polar surface area (TPSA) is 22.1 Å². The molecular formula is C16H14ClNOS. The maximum absolute atomic E-state index is 5.90. The van der Waals surface area contributed by atoms with Crippen molar-refractivity contribution in [2.24, 2.45) is 0 Å². The summed E-state index contributed by atoms with van der Waals surface area (Å²) in [6.45, 7) is 0.628. The van der Waals surface area contributed by atoms with E-state index in [2.05, 4.69) is 23.2 Å². The summed E-state index contributed by atoms with van der Waals surface area (Å²) in [7, 11) is 0. The van der Waals surface area contributed by atoms with Crippen LogP contribution in [0.15, 0.2) is 47.8 Å². The van der Waals surface area contributed by atoms with Crippen LogP contribution < -0.4 is 4.74 Å². The van der Waals surface area contributed by atoms with Crippen LogP contribution >= 0.6 is 22.9 Å². The van der Waals surface area contributed by atoms with Crippen LogP contribution in [0.25, 0.3) is 10.8 Å². The molecule has 0 radical (unpaired) electrons. The molecular weight excluding hydrogens is 290 g/mol. The van der Waals surface area contributed by atoms with Gasteiger partial charge in [-0.1, -0.05) is 36.4 Å². The number of hydrogen-bond donors (Lipinski definition) is 0. The normalized spacial score (nSPS) is 10.8. The van der Waals surface area contributed by atoms with Gasteiger partial charge in [-0.25, -0.2) is 4.98 Å². The number of rotatable bonds is 5. The lowest BCUT2D eigenvalue weighted by Gasteiger charge is -2.08. The summed E-state index contributed by atoms with van der Waals surface area (Å²) in [5.41, 5.74) is 0.942. The number of fused-ring (bicyclic) bond motifs is 1. The minimum absolute atomic E-state index is 0.473. The number of alkyl halides is 1. The van der Waals surface area contributed by atoms with Crippen molar-refractivity contribution in [3.05, 3.63) is 58.5 Å². The Hall–Kier alpha value is -1.58. The molecule has 1 aromatic heterocycles. The summed E-state index contributed by atoms with van der Waals surface area (Å²) in [4.78, 5) is 4.43. The Kier molecular flexibility index (Phi) is 4.19. The van der Waals surface area contributed by atoms with Gasteiger partial charge in [-0.05, 0) is 11.5 Å². The number of nitrogens with zero attached hydrogens (tertiary/aromatic N) is 1. The number of hydrogen-bond acceptors (Lipinski definition) is 3. The molecule has 0 atom stereocenters. The van der Waals surface area contributed by atoms with Crippen molar-refractivity contribution < 1.29 is 4.74 Å². The second-order valence-electron chi connectivity index (χ2n) is 4.44. The van der Waals surface area contributed by atoms with E-state index in [0.29, 0.717) is 12.5 Å². The van der Waals surface area contributed by atoms with E-state index in [1.54, 1.807) is 11.3 Å². The van der Waals surface area contributed by atoms with E-state index in [1.807, 2.05) is 29.6 Å². The van der Waals surface area contributed by atoms with Crippen molar-refractivity contribution in [3.63, 3.8) is 0 Å². The highest BCUT2D eigenvalue weighted by atomic mass is 35.5. The standard InChI is InChI=1S/C16H14ClNOS/c17-10-13-11-20-16(18-13)8-9-19-15-7-3-5-12-4-1-2-6-14(12)15/h1-7,11H,8-10H2. The van der Waals surface area contributed by atoms with Crippen LogP contribution in [0.4, 0.5) is 0 Å². The number of thiazole rings is 1. The molecule has 102 valence electrons. The highest BCUT2D eigenvalue weighted by molar-refractivity contribution is 7.09. The average Bonchev–Trinajstić information content (AvgIpc) is 2.95. The lowest BCUT2D eigenvalue weighted by Crippen LogP contribution is -2.01. The smallest absolute Gasteiger partial charge is 0.127 e. The highest BCUT2D eigenvalue weighted by Gasteiger charge is 2.04. The molecule has 2 nitrogen and oxygen atoms in total. The molecule has 0 fully saturated rings. The van der Waals surface area contributed by atoms with Crippen LogP contribution in [0.5, 0.6) is 5.75 Å². The third-order valence-electron chi connectivity index (χ3n) is 3.06. The van der Waals surface area contributed by atoms with Crippen molar-refractivity contribution in [1.82, 2.24) is 4.98 Å². The molecule has 20 heavy (non-hydrogen) atoms. The third kappa shape index (κ3) is 2.94. The molecule has 0 bridgehead atoms. The average molecular weight is 304 g/mol. The minimum Gasteiger partial charge on any atom is -0.493 e. The van der Waals surface area contributed by atoms with Gasteiger partial charge in [0.05, 0.1) is 23.2 Å². The maximum atomic E-state index is 5.90. The fraction of sp³-hybridized carbons (Fsp3) is 0.188. The molecule has 2 aromatic carbocycles. The Morgan fingerprint density at radius 3 is 2.80 bits per heavy atom. The zero-order valence-electron chi connectivity index (χ0n) is 10.9. The molecule has 1 heterocycles. The molecule has 4 heteroatoms. The van der Waals surface area contributed by atoms with Gasteiger partial charge in [0.2, 0.25) is 0 Å². The molecule has 0 saturated heterocycles. The molecule has 0 aliphatic rings. The van der Waals surface area contributed by atoms with Crippen molar-refractivity contribution >= 4 is 33.7 Å². The van der Waals surface area contributed by atoms with Crippen molar-refractivity contribution in [2.75, 3.05) is 6.61 Å². The Balaban J connectivity index is 1.68. The Morgan fingerprint density at radius 2 is 1.95 bits per heavy atom. The van der Waals surface area contributed by atoms with E-state index in [1.165, 1.54) is 5.39 Å². The minimum atomic E-state index is 0.473. The molecule has 0 unspecified atom stereocenters. The lowest BCUT2D eigenvalue weighted by atomic mass is 10.1. The summed E-state index contributed by atoms with van der Waals surface area (Å²) < 4.78 is 5.90. The molecule has 0 N–H and O–H groups in total. The number of ether oxygens (including phenoxy) is 1. The summed E-state index contributed by atoms with van der Waals surface area (Å²) >= 11 is 7.39. The predicted molar refractivity (Wildman–Crippen MR) is 84.8 cm³/mol. The van der Waals surface area contributed by atoms with Crippen LogP contribution in [-0.2, 0) is 12.3 Å². The van der Waals surface area contributed by atoms with Crippen LogP contribution in [0.2, 0.25) is 0 Å². The highest BCUT2D eigenvalue weighted by Crippen LogP contribution is 2.25. The largest absolute Gasteiger partial charge is 0.493 e. The zero-order valence-corrected chi connectivity index (χ0v) is 12.5. The number of halogens is 1. The summed E-state index contributed by atoms with van der Waals surface area (Å²) in [5, 5.41) is 5.42. The molecule has 0 aliphatic carbocycles. The maximum Gasteiger partial charge on any atom is 0.127 e. The van der Waals surface area contributed by atoms with Crippen LogP contribution in [0, 0.1) is 0 Å². The molecule has 3 aromatic rings. The fourth-order valence-electron chi connectivity index (χ4n) is 2.09. The van der Waals surface area contributed by atoms with E-state index < -0.39 is 0 Å². The zero-order chi connectivity index (χ0) is 13.8. The van der Waals surface area contributed by atoms with E-state index in [0.717, 1.165) is 28.3 Å². The summed E-state index contributed by atoms with van der Waals surface area (Å²) in [6, 6.07) is 14.4. The summed E-state index contributed by atoms with van der Waals surface area (Å²) in [6.07, 6.45) is 0.810. The van der Waals surface area contributed by atoms with E-state index in [-0.39, 0.29) is 0 Å². The monoisotopic (exact) mass is 303 g/mol. The second-order valence-corrected chi connectivity index (χ2v) is 5.65. The van der Waals surface area contributed by atoms with Crippen molar-refractivity contribution in [2.45, 2.75) is 12.3 Å². The van der Waals surface area contributed by atoms with Gasteiger partial charge in [-0.2, -0.15) is 0 Å². The first-order valence-corrected chi connectivity index (χ1v) is 7.88. The Morgan fingerprint density at radius 1 is 1.10 bits per heavy atom. The first-order valence-electron chi connectivity index (χ1n) is 6.46. The predicted octanol–water partition coefficient (Wildman–Crippen LogP) is 4.66. The van der Waals surface area contributed by atoms with Gasteiger partial charge in [0.1, 0.15) is 5.75 Å². The van der Waals surface area contributed by atoms with E-state index >= 15 is 0 Å². The molecule has 3 rings (SSSR count). The first-order chi connectivity index (χ1) is 9.86. The van der Waals surface area contributed by atoms with Crippen LogP contribution in [-0.4, -0.2) is 11.6 Å². The third-order valence-corrected chi connectivity index (χ3v) is 4.29. The van der Waals surface area contributed by atoms with Crippen molar-refractivity contribution in [3.8, 4) is 5.75 Å². The van der Waals surface area contributed by atoms with Gasteiger partial charge in [0, 0.05) is 17.2 Å².